The number of nitrogens with zero attached hydrogens (tertiary/aromatic N) is 2. The van der Waals surface area contributed by atoms with Gasteiger partial charge in [-0.3, -0.25) is 0 Å². The van der Waals surface area contributed by atoms with Gasteiger partial charge in [0.15, 0.2) is 5.82 Å². The number of hydrogen-bond acceptors (Lipinski definition) is 3. The molecule has 0 atom stereocenters. The second-order valence-corrected chi connectivity index (χ2v) is 6.66. The molecular weight excluding hydrogens is 373 g/mol. The first kappa shape index (κ1) is 15.1. The molecule has 6 heteroatoms. The highest BCUT2D eigenvalue weighted by molar-refractivity contribution is 9.10. The molecule has 21 heavy (non-hydrogen) atoms. The number of halogens is 3. The Hall–Kier alpha value is -0.840. The maximum atomic E-state index is 6.28. The Kier molecular flexibility index (Phi) is 4.38. The summed E-state index contributed by atoms with van der Waals surface area (Å²) in [5.41, 5.74) is 1.81. The van der Waals surface area contributed by atoms with E-state index >= 15 is 0 Å². The molecule has 1 fully saturated rings. The van der Waals surface area contributed by atoms with E-state index in [0.29, 0.717) is 21.8 Å². The molecular formula is C15H14BrCl2N3. The number of benzene rings is 1. The summed E-state index contributed by atoms with van der Waals surface area (Å²) < 4.78 is 0.953. The molecule has 0 bridgehead atoms. The van der Waals surface area contributed by atoms with Crippen LogP contribution in [-0.2, 0) is 0 Å². The normalized spacial score (nSPS) is 14.3. The van der Waals surface area contributed by atoms with Crippen LogP contribution in [-0.4, -0.2) is 16.5 Å². The maximum absolute atomic E-state index is 6.28. The molecule has 3 nitrogen and oxygen atoms in total. The van der Waals surface area contributed by atoms with Crippen molar-refractivity contribution in [1.82, 2.24) is 9.97 Å². The third-order valence-corrected chi connectivity index (χ3v) is 4.70. The van der Waals surface area contributed by atoms with Gasteiger partial charge in [0.25, 0.3) is 0 Å². The molecule has 0 spiro atoms. The van der Waals surface area contributed by atoms with E-state index in [4.69, 9.17) is 28.2 Å². The minimum absolute atomic E-state index is 0.511. The Bertz CT molecular complexity index is 687. The first-order valence-corrected chi connectivity index (χ1v) is 8.41. The molecule has 0 amide bonds. The van der Waals surface area contributed by atoms with Gasteiger partial charge in [0, 0.05) is 23.0 Å². The molecule has 0 saturated heterocycles. The van der Waals surface area contributed by atoms with E-state index in [1.54, 1.807) is 18.2 Å². The lowest BCUT2D eigenvalue weighted by Gasteiger charge is -2.12. The highest BCUT2D eigenvalue weighted by Crippen LogP contribution is 2.44. The Morgan fingerprint density at radius 1 is 1.29 bits per heavy atom. The first-order valence-electron chi connectivity index (χ1n) is 6.87. The Morgan fingerprint density at radius 2 is 2.05 bits per heavy atom. The van der Waals surface area contributed by atoms with E-state index in [1.165, 1.54) is 12.8 Å². The summed E-state index contributed by atoms with van der Waals surface area (Å²) in [4.78, 5) is 9.30. The third kappa shape index (κ3) is 3.17. The number of nitrogens with one attached hydrogen (secondary N) is 1. The zero-order valence-electron chi connectivity index (χ0n) is 11.5. The van der Waals surface area contributed by atoms with Gasteiger partial charge in [-0.25, -0.2) is 9.97 Å². The Balaban J connectivity index is 2.15. The van der Waals surface area contributed by atoms with Crippen molar-refractivity contribution in [2.75, 3.05) is 11.9 Å². The van der Waals surface area contributed by atoms with Crippen LogP contribution >= 0.6 is 39.1 Å². The summed E-state index contributed by atoms with van der Waals surface area (Å²) in [5.74, 6) is 1.93. The number of aromatic nitrogens is 2. The van der Waals surface area contributed by atoms with Crippen molar-refractivity contribution in [3.05, 3.63) is 38.4 Å². The molecule has 0 unspecified atom stereocenters. The first-order chi connectivity index (χ1) is 10.1. The second-order valence-electron chi connectivity index (χ2n) is 5.02. The monoisotopic (exact) mass is 385 g/mol. The highest BCUT2D eigenvalue weighted by Gasteiger charge is 2.29. The third-order valence-electron chi connectivity index (χ3n) is 3.35. The van der Waals surface area contributed by atoms with Crippen LogP contribution in [0.4, 0.5) is 5.82 Å². The van der Waals surface area contributed by atoms with Crippen molar-refractivity contribution in [3.63, 3.8) is 0 Å². The van der Waals surface area contributed by atoms with E-state index in [0.717, 1.165) is 28.1 Å². The van der Waals surface area contributed by atoms with Crippen molar-refractivity contribution in [3.8, 4) is 11.4 Å². The number of rotatable bonds is 4. The molecule has 1 heterocycles. The van der Waals surface area contributed by atoms with E-state index in [2.05, 4.69) is 26.2 Å². The molecule has 1 aliphatic rings. The Labute approximate surface area is 142 Å². The van der Waals surface area contributed by atoms with Crippen LogP contribution in [0.25, 0.3) is 11.4 Å². The zero-order chi connectivity index (χ0) is 15.0. The molecule has 1 N–H and O–H groups in total. The summed E-state index contributed by atoms with van der Waals surface area (Å²) in [6.45, 7) is 2.83. The lowest BCUT2D eigenvalue weighted by Crippen LogP contribution is -2.06. The highest BCUT2D eigenvalue weighted by atomic mass is 79.9. The molecule has 3 rings (SSSR count). The smallest absolute Gasteiger partial charge is 0.163 e. The van der Waals surface area contributed by atoms with Gasteiger partial charge in [-0.05, 0) is 53.9 Å². The summed E-state index contributed by atoms with van der Waals surface area (Å²) in [5, 5.41) is 4.50. The topological polar surface area (TPSA) is 37.8 Å². The molecule has 0 aliphatic heterocycles. The molecule has 110 valence electrons. The fraction of sp³-hybridized carbons (Fsp3) is 0.333. The van der Waals surface area contributed by atoms with Gasteiger partial charge >= 0.3 is 0 Å². The number of anilines is 1. The molecule has 1 aromatic carbocycles. The fourth-order valence-electron chi connectivity index (χ4n) is 2.17. The molecule has 1 saturated carbocycles. The van der Waals surface area contributed by atoms with E-state index in [9.17, 15) is 0 Å². The summed E-state index contributed by atoms with van der Waals surface area (Å²) in [6.07, 6.45) is 2.34. The summed E-state index contributed by atoms with van der Waals surface area (Å²) in [6, 6.07) is 5.34. The number of hydrogen-bond donors (Lipinski definition) is 1. The van der Waals surface area contributed by atoms with Crippen LogP contribution in [0.2, 0.25) is 10.0 Å². The van der Waals surface area contributed by atoms with Gasteiger partial charge < -0.3 is 5.32 Å². The quantitative estimate of drug-likeness (QED) is 0.751. The van der Waals surface area contributed by atoms with Gasteiger partial charge in [-0.1, -0.05) is 23.2 Å². The average Bonchev–Trinajstić information content (AvgIpc) is 3.28. The van der Waals surface area contributed by atoms with Crippen LogP contribution in [0, 0.1) is 0 Å². The SMILES string of the molecule is CCNc1nc(-c2cc(Cl)ccc2Cl)nc(C2CC2)c1Br. The van der Waals surface area contributed by atoms with Crippen LogP contribution < -0.4 is 5.32 Å². The minimum Gasteiger partial charge on any atom is -0.369 e. The van der Waals surface area contributed by atoms with Crippen LogP contribution in [0.15, 0.2) is 22.7 Å². The van der Waals surface area contributed by atoms with Crippen LogP contribution in [0.5, 0.6) is 0 Å². The van der Waals surface area contributed by atoms with Gasteiger partial charge in [-0.15, -0.1) is 0 Å². The molecule has 1 aromatic heterocycles. The van der Waals surface area contributed by atoms with Crippen molar-refractivity contribution >= 4 is 44.9 Å². The lowest BCUT2D eigenvalue weighted by molar-refractivity contribution is 0.974. The van der Waals surface area contributed by atoms with E-state index < -0.39 is 0 Å². The van der Waals surface area contributed by atoms with Crippen LogP contribution in [0.3, 0.4) is 0 Å². The lowest BCUT2D eigenvalue weighted by atomic mass is 10.2. The van der Waals surface area contributed by atoms with Gasteiger partial charge in [0.2, 0.25) is 0 Å². The van der Waals surface area contributed by atoms with Crippen molar-refractivity contribution in [2.45, 2.75) is 25.7 Å². The fourth-order valence-corrected chi connectivity index (χ4v) is 3.18. The standard InChI is InChI=1S/C15H14BrCl2N3/c1-2-19-15-12(16)13(8-3-4-8)20-14(21-15)10-7-9(17)5-6-11(10)18/h5-8H,2-4H2,1H3,(H,19,20,21). The average molecular weight is 387 g/mol. The van der Waals surface area contributed by atoms with Crippen molar-refractivity contribution in [1.29, 1.82) is 0 Å². The molecule has 1 aliphatic carbocycles. The van der Waals surface area contributed by atoms with Crippen LogP contribution in [0.1, 0.15) is 31.4 Å². The second kappa shape index (κ2) is 6.11. The Morgan fingerprint density at radius 3 is 2.71 bits per heavy atom. The van der Waals surface area contributed by atoms with Crippen molar-refractivity contribution < 1.29 is 0 Å². The van der Waals surface area contributed by atoms with E-state index in [-0.39, 0.29) is 0 Å². The van der Waals surface area contributed by atoms with Gasteiger partial charge in [0.05, 0.1) is 15.2 Å². The zero-order valence-corrected chi connectivity index (χ0v) is 14.6. The molecule has 0 radical (unpaired) electrons. The predicted molar refractivity (Wildman–Crippen MR) is 91.3 cm³/mol. The van der Waals surface area contributed by atoms with E-state index in [1.807, 2.05) is 6.92 Å². The summed E-state index contributed by atoms with van der Waals surface area (Å²) in [7, 11) is 0. The predicted octanol–water partition coefficient (Wildman–Crippen LogP) is 5.52. The summed E-state index contributed by atoms with van der Waals surface area (Å²) >= 11 is 16.0. The van der Waals surface area contributed by atoms with Gasteiger partial charge in [0.1, 0.15) is 5.82 Å². The largest absolute Gasteiger partial charge is 0.369 e. The van der Waals surface area contributed by atoms with Crippen molar-refractivity contribution in [2.24, 2.45) is 0 Å². The van der Waals surface area contributed by atoms with Gasteiger partial charge in [-0.2, -0.15) is 0 Å². The minimum atomic E-state index is 0.511. The molecule has 2 aromatic rings. The maximum Gasteiger partial charge on any atom is 0.163 e.